The first-order chi connectivity index (χ1) is 12.1. The summed E-state index contributed by atoms with van der Waals surface area (Å²) in [6.07, 6.45) is 0.890. The summed E-state index contributed by atoms with van der Waals surface area (Å²) in [6, 6.07) is 10.6. The Labute approximate surface area is 150 Å². The average molecular weight is 359 g/mol. The van der Waals surface area contributed by atoms with E-state index in [1.54, 1.807) is 23.5 Å². The molecule has 0 saturated carbocycles. The van der Waals surface area contributed by atoms with E-state index in [2.05, 4.69) is 10.2 Å². The lowest BCUT2D eigenvalue weighted by Crippen LogP contribution is -2.29. The highest BCUT2D eigenvalue weighted by molar-refractivity contribution is 7.17. The van der Waals surface area contributed by atoms with Crippen LogP contribution in [0.2, 0.25) is 0 Å². The first-order valence-corrected chi connectivity index (χ1v) is 9.17. The molecule has 2 heterocycles. The van der Waals surface area contributed by atoms with E-state index in [9.17, 15) is 9.18 Å². The first-order valence-electron chi connectivity index (χ1n) is 8.29. The molecule has 0 radical (unpaired) electrons. The van der Waals surface area contributed by atoms with Crippen LogP contribution >= 0.6 is 11.3 Å². The number of nitrogens with zero attached hydrogens (tertiary/aromatic N) is 2. The zero-order valence-corrected chi connectivity index (χ0v) is 15.3. The van der Waals surface area contributed by atoms with Gasteiger partial charge >= 0.3 is 0 Å². The minimum atomic E-state index is -0.253. The molecule has 0 aliphatic rings. The Hall–Kier alpha value is -2.18. The number of hydrogen-bond donors (Lipinski definition) is 1. The smallest absolute Gasteiger partial charge is 0.267 e. The summed E-state index contributed by atoms with van der Waals surface area (Å²) in [5.74, 6) is -0.365. The van der Waals surface area contributed by atoms with Gasteiger partial charge < -0.3 is 14.8 Å². The van der Waals surface area contributed by atoms with Crippen molar-refractivity contribution < 1.29 is 9.18 Å². The number of halogens is 1. The van der Waals surface area contributed by atoms with Crippen LogP contribution in [0.5, 0.6) is 0 Å². The summed E-state index contributed by atoms with van der Waals surface area (Å²) in [5, 5.41) is 4.96. The van der Waals surface area contributed by atoms with Gasteiger partial charge in [-0.3, -0.25) is 4.79 Å². The van der Waals surface area contributed by atoms with E-state index in [-0.39, 0.29) is 11.7 Å². The molecule has 1 aromatic carbocycles. The molecule has 0 aliphatic carbocycles. The Bertz CT molecular complexity index is 869. The van der Waals surface area contributed by atoms with Crippen molar-refractivity contribution in [2.24, 2.45) is 0 Å². The molecule has 1 amide bonds. The molecule has 0 spiro atoms. The Morgan fingerprint density at radius 1 is 1.28 bits per heavy atom. The second-order valence-corrected chi connectivity index (χ2v) is 7.24. The fourth-order valence-electron chi connectivity index (χ4n) is 2.82. The van der Waals surface area contributed by atoms with Crippen molar-refractivity contribution in [2.75, 3.05) is 27.2 Å². The van der Waals surface area contributed by atoms with Crippen molar-refractivity contribution in [1.82, 2.24) is 14.8 Å². The van der Waals surface area contributed by atoms with Gasteiger partial charge in [-0.15, -0.1) is 11.3 Å². The molecule has 3 rings (SSSR count). The highest BCUT2D eigenvalue weighted by Crippen LogP contribution is 2.26. The Balaban J connectivity index is 1.82. The van der Waals surface area contributed by atoms with Crippen LogP contribution in [0.15, 0.2) is 41.8 Å². The lowest BCUT2D eigenvalue weighted by molar-refractivity contribution is 0.0944. The van der Waals surface area contributed by atoms with Gasteiger partial charge in [0.25, 0.3) is 5.91 Å². The maximum atomic E-state index is 14.0. The van der Waals surface area contributed by atoms with Gasteiger partial charge in [0.1, 0.15) is 11.5 Å². The molecule has 132 valence electrons. The minimum Gasteiger partial charge on any atom is -0.351 e. The number of nitrogens with one attached hydrogen (secondary N) is 1. The summed E-state index contributed by atoms with van der Waals surface area (Å²) in [5.41, 5.74) is 2.12. The standard InChI is InChI=1S/C19H22FN3OS/c1-22(2)10-5-9-21-19(24)17-12-18-16(8-11-25-18)23(17)13-14-6-3-4-7-15(14)20/h3-4,6-8,11-12H,5,9-10,13H2,1-2H3,(H,21,24). The predicted molar refractivity (Wildman–Crippen MR) is 101 cm³/mol. The molecule has 1 N–H and O–H groups in total. The van der Waals surface area contributed by atoms with Gasteiger partial charge in [0.05, 0.1) is 16.8 Å². The fourth-order valence-corrected chi connectivity index (χ4v) is 3.64. The van der Waals surface area contributed by atoms with Crippen molar-refractivity contribution >= 4 is 27.5 Å². The van der Waals surface area contributed by atoms with Crippen LogP contribution in [-0.2, 0) is 6.54 Å². The Kier molecular flexibility index (Phi) is 5.50. The van der Waals surface area contributed by atoms with Crippen molar-refractivity contribution in [3.05, 3.63) is 58.9 Å². The van der Waals surface area contributed by atoms with Gasteiger partial charge in [0.2, 0.25) is 0 Å². The normalized spacial score (nSPS) is 11.4. The van der Waals surface area contributed by atoms with Crippen molar-refractivity contribution in [1.29, 1.82) is 0 Å². The molecule has 2 aromatic heterocycles. The van der Waals surface area contributed by atoms with E-state index in [0.29, 0.717) is 24.3 Å². The van der Waals surface area contributed by atoms with Gasteiger partial charge in [-0.2, -0.15) is 0 Å². The summed E-state index contributed by atoms with van der Waals surface area (Å²) in [7, 11) is 4.02. The number of aromatic nitrogens is 1. The van der Waals surface area contributed by atoms with E-state index in [4.69, 9.17) is 0 Å². The van der Waals surface area contributed by atoms with E-state index in [1.807, 2.05) is 42.2 Å². The van der Waals surface area contributed by atoms with Gasteiger partial charge in [0, 0.05) is 12.1 Å². The number of thiophene rings is 1. The van der Waals surface area contributed by atoms with Gasteiger partial charge in [-0.1, -0.05) is 18.2 Å². The molecule has 0 atom stereocenters. The molecule has 0 fully saturated rings. The lowest BCUT2D eigenvalue weighted by atomic mass is 10.2. The molecule has 0 aliphatic heterocycles. The van der Waals surface area contributed by atoms with Gasteiger partial charge in [-0.25, -0.2) is 4.39 Å². The Morgan fingerprint density at radius 2 is 2.08 bits per heavy atom. The summed E-state index contributed by atoms with van der Waals surface area (Å²) < 4.78 is 17.0. The van der Waals surface area contributed by atoms with Crippen LogP contribution in [-0.4, -0.2) is 42.6 Å². The molecule has 4 nitrogen and oxygen atoms in total. The maximum Gasteiger partial charge on any atom is 0.267 e. The zero-order valence-electron chi connectivity index (χ0n) is 14.5. The zero-order chi connectivity index (χ0) is 17.8. The van der Waals surface area contributed by atoms with E-state index >= 15 is 0 Å². The molecule has 0 saturated heterocycles. The van der Waals surface area contributed by atoms with Crippen LogP contribution in [0, 0.1) is 5.82 Å². The molecular formula is C19H22FN3OS. The van der Waals surface area contributed by atoms with E-state index in [1.165, 1.54) is 6.07 Å². The molecule has 25 heavy (non-hydrogen) atoms. The van der Waals surface area contributed by atoms with Crippen LogP contribution in [0.3, 0.4) is 0 Å². The summed E-state index contributed by atoms with van der Waals surface area (Å²) in [4.78, 5) is 14.7. The summed E-state index contributed by atoms with van der Waals surface area (Å²) in [6.45, 7) is 1.88. The highest BCUT2D eigenvalue weighted by Gasteiger charge is 2.17. The Morgan fingerprint density at radius 3 is 2.84 bits per heavy atom. The third-order valence-corrected chi connectivity index (χ3v) is 4.96. The summed E-state index contributed by atoms with van der Waals surface area (Å²) >= 11 is 1.59. The average Bonchev–Trinajstić information content (AvgIpc) is 3.16. The third-order valence-electron chi connectivity index (χ3n) is 4.11. The van der Waals surface area contributed by atoms with Crippen molar-refractivity contribution in [3.63, 3.8) is 0 Å². The minimum absolute atomic E-state index is 0.113. The number of hydrogen-bond acceptors (Lipinski definition) is 3. The SMILES string of the molecule is CN(C)CCCNC(=O)c1cc2sccc2n1Cc1ccccc1F. The molecule has 6 heteroatoms. The number of carbonyl (C=O) groups is 1. The van der Waals surface area contributed by atoms with Crippen LogP contribution in [0.25, 0.3) is 10.2 Å². The monoisotopic (exact) mass is 359 g/mol. The van der Waals surface area contributed by atoms with Crippen LogP contribution in [0.4, 0.5) is 4.39 Å². The van der Waals surface area contributed by atoms with Crippen molar-refractivity contribution in [3.8, 4) is 0 Å². The number of benzene rings is 1. The highest BCUT2D eigenvalue weighted by atomic mass is 32.1. The maximum absolute atomic E-state index is 14.0. The lowest BCUT2D eigenvalue weighted by Gasteiger charge is -2.12. The van der Waals surface area contributed by atoms with E-state index < -0.39 is 0 Å². The molecule has 0 unspecified atom stereocenters. The quantitative estimate of drug-likeness (QED) is 0.655. The van der Waals surface area contributed by atoms with E-state index in [0.717, 1.165) is 23.2 Å². The third kappa shape index (κ3) is 4.08. The number of amides is 1. The molecule has 3 aromatic rings. The second-order valence-electron chi connectivity index (χ2n) is 6.29. The van der Waals surface area contributed by atoms with Crippen LogP contribution in [0.1, 0.15) is 22.5 Å². The topological polar surface area (TPSA) is 37.3 Å². The van der Waals surface area contributed by atoms with Gasteiger partial charge in [-0.05, 0) is 50.6 Å². The first kappa shape index (κ1) is 17.6. The van der Waals surface area contributed by atoms with Gasteiger partial charge in [0.15, 0.2) is 0 Å². The number of carbonyl (C=O) groups excluding carboxylic acids is 1. The fraction of sp³-hybridized carbons (Fsp3) is 0.316. The second kappa shape index (κ2) is 7.80. The number of fused-ring (bicyclic) bond motifs is 1. The predicted octanol–water partition coefficient (Wildman–Crippen LogP) is 3.57. The van der Waals surface area contributed by atoms with Crippen LogP contribution < -0.4 is 5.32 Å². The largest absolute Gasteiger partial charge is 0.351 e. The molecular weight excluding hydrogens is 337 g/mol. The number of rotatable bonds is 7. The van der Waals surface area contributed by atoms with Crippen molar-refractivity contribution in [2.45, 2.75) is 13.0 Å². The molecule has 0 bridgehead atoms.